The molecule has 5 rings (SSSR count). The lowest BCUT2D eigenvalue weighted by molar-refractivity contribution is 0.102. The Bertz CT molecular complexity index is 1140. The number of benzene rings is 2. The molecule has 4 aromatic rings. The quantitative estimate of drug-likeness (QED) is 0.528. The molecule has 1 aliphatic carbocycles. The number of nitrogens with one attached hydrogen (secondary N) is 1. The second-order valence-corrected chi connectivity index (χ2v) is 7.08. The summed E-state index contributed by atoms with van der Waals surface area (Å²) >= 11 is 1.48. The second-order valence-electron chi connectivity index (χ2n) is 6.09. The molecule has 0 saturated heterocycles. The maximum Gasteiger partial charge on any atom is 0.264 e. The van der Waals surface area contributed by atoms with Crippen molar-refractivity contribution in [3.05, 3.63) is 48.2 Å². The molecule has 2 aromatic heterocycles. The molecule has 0 radical (unpaired) electrons. The molecule has 1 aliphatic rings. The zero-order valence-corrected chi connectivity index (χ0v) is 14.9. The number of methoxy groups -OCH3 is 1. The van der Waals surface area contributed by atoms with E-state index in [-0.39, 0.29) is 5.91 Å². The Morgan fingerprint density at radius 3 is 2.73 bits per heavy atom. The van der Waals surface area contributed by atoms with Gasteiger partial charge in [0.05, 0.1) is 17.7 Å². The summed E-state index contributed by atoms with van der Waals surface area (Å²) in [6, 6.07) is 12.5. The molecule has 0 atom stereocenters. The molecular formula is C19H14N4O2S. The van der Waals surface area contributed by atoms with Crippen LogP contribution in [0.1, 0.15) is 10.4 Å². The number of fused-ring (bicyclic) bond motifs is 3. The SMILES string of the molecule is COc1nn(C)cc1C(=O)Nc1nc2c(s1)-c1cccc3cccc-2c13. The number of amides is 1. The van der Waals surface area contributed by atoms with Crippen molar-refractivity contribution in [3.63, 3.8) is 0 Å². The van der Waals surface area contributed by atoms with Gasteiger partial charge in [-0.3, -0.25) is 14.8 Å². The number of ether oxygens (including phenoxy) is 1. The highest BCUT2D eigenvalue weighted by molar-refractivity contribution is 7.20. The van der Waals surface area contributed by atoms with E-state index in [1.807, 2.05) is 6.07 Å². The van der Waals surface area contributed by atoms with Gasteiger partial charge >= 0.3 is 0 Å². The summed E-state index contributed by atoms with van der Waals surface area (Å²) in [5.41, 5.74) is 3.59. The van der Waals surface area contributed by atoms with E-state index in [0.29, 0.717) is 16.6 Å². The molecule has 6 nitrogen and oxygen atoms in total. The predicted molar refractivity (Wildman–Crippen MR) is 102 cm³/mol. The van der Waals surface area contributed by atoms with Crippen LogP contribution in [0.3, 0.4) is 0 Å². The molecule has 26 heavy (non-hydrogen) atoms. The standard InChI is InChI=1S/C19H14N4O2S/c1-23-9-13(18(22-23)25-2)17(24)21-19-20-15-11-7-3-5-10-6-4-8-12(14(10)11)16(15)26-19/h3-9H,1-2H3,(H,20,21,24). The van der Waals surface area contributed by atoms with Crippen LogP contribution in [0.4, 0.5) is 5.13 Å². The largest absolute Gasteiger partial charge is 0.479 e. The second kappa shape index (κ2) is 5.40. The maximum atomic E-state index is 12.6. The Labute approximate surface area is 153 Å². The van der Waals surface area contributed by atoms with Gasteiger partial charge < -0.3 is 4.74 Å². The summed E-state index contributed by atoms with van der Waals surface area (Å²) in [7, 11) is 3.24. The first-order chi connectivity index (χ1) is 12.7. The molecule has 2 aromatic carbocycles. The van der Waals surface area contributed by atoms with Gasteiger partial charge in [-0.25, -0.2) is 4.98 Å². The van der Waals surface area contributed by atoms with Crippen LogP contribution in [-0.4, -0.2) is 27.8 Å². The molecule has 1 amide bonds. The number of hydrogen-bond donors (Lipinski definition) is 1. The fourth-order valence-electron chi connectivity index (χ4n) is 3.41. The fraction of sp³-hybridized carbons (Fsp3) is 0.105. The smallest absolute Gasteiger partial charge is 0.264 e. The topological polar surface area (TPSA) is 69.0 Å². The van der Waals surface area contributed by atoms with Crippen LogP contribution in [-0.2, 0) is 7.05 Å². The summed E-state index contributed by atoms with van der Waals surface area (Å²) in [5, 5.41) is 9.99. The van der Waals surface area contributed by atoms with Crippen LogP contribution < -0.4 is 10.1 Å². The van der Waals surface area contributed by atoms with E-state index >= 15 is 0 Å². The van der Waals surface area contributed by atoms with Crippen molar-refractivity contribution >= 4 is 33.1 Å². The molecule has 2 heterocycles. The van der Waals surface area contributed by atoms with Crippen LogP contribution in [0.5, 0.6) is 5.88 Å². The molecule has 0 aliphatic heterocycles. The number of hydrogen-bond acceptors (Lipinski definition) is 5. The Kier molecular flexibility index (Phi) is 3.14. The average molecular weight is 362 g/mol. The lowest BCUT2D eigenvalue weighted by atomic mass is 10.0. The number of carbonyl (C=O) groups excluding carboxylic acids is 1. The van der Waals surface area contributed by atoms with E-state index in [0.717, 1.165) is 16.1 Å². The molecule has 0 unspecified atom stereocenters. The van der Waals surface area contributed by atoms with Gasteiger partial charge in [-0.1, -0.05) is 47.7 Å². The van der Waals surface area contributed by atoms with E-state index in [1.54, 1.807) is 17.9 Å². The third-order valence-electron chi connectivity index (χ3n) is 4.48. The molecule has 0 spiro atoms. The summed E-state index contributed by atoms with van der Waals surface area (Å²) in [4.78, 5) is 18.4. The Morgan fingerprint density at radius 2 is 1.96 bits per heavy atom. The third kappa shape index (κ3) is 2.07. The monoisotopic (exact) mass is 362 g/mol. The first kappa shape index (κ1) is 15.1. The Morgan fingerprint density at radius 1 is 1.19 bits per heavy atom. The number of aromatic nitrogens is 3. The predicted octanol–water partition coefficient (Wildman–Crippen LogP) is 3.94. The molecule has 128 valence electrons. The minimum Gasteiger partial charge on any atom is -0.479 e. The molecule has 0 fully saturated rings. The highest BCUT2D eigenvalue weighted by Crippen LogP contribution is 2.50. The van der Waals surface area contributed by atoms with E-state index in [9.17, 15) is 4.79 Å². The van der Waals surface area contributed by atoms with Crippen molar-refractivity contribution in [2.24, 2.45) is 7.05 Å². The van der Waals surface area contributed by atoms with Crippen LogP contribution in [0, 0.1) is 0 Å². The van der Waals surface area contributed by atoms with Gasteiger partial charge in [0.25, 0.3) is 5.91 Å². The van der Waals surface area contributed by atoms with Gasteiger partial charge in [0.1, 0.15) is 5.56 Å². The first-order valence-electron chi connectivity index (χ1n) is 8.08. The molecule has 1 N–H and O–H groups in total. The average Bonchev–Trinajstić information content (AvgIpc) is 3.30. The Hall–Kier alpha value is -3.19. The summed E-state index contributed by atoms with van der Waals surface area (Å²) in [6.45, 7) is 0. The van der Waals surface area contributed by atoms with Crippen molar-refractivity contribution in [1.82, 2.24) is 14.8 Å². The van der Waals surface area contributed by atoms with Crippen LogP contribution in [0.15, 0.2) is 42.6 Å². The number of aryl methyl sites for hydroxylation is 1. The van der Waals surface area contributed by atoms with Gasteiger partial charge in [0.15, 0.2) is 5.13 Å². The Balaban J connectivity index is 1.53. The van der Waals surface area contributed by atoms with Gasteiger partial charge in [0.2, 0.25) is 5.88 Å². The minimum absolute atomic E-state index is 0.283. The molecule has 0 bridgehead atoms. The zero-order chi connectivity index (χ0) is 17.8. The van der Waals surface area contributed by atoms with Crippen molar-refractivity contribution in [1.29, 1.82) is 0 Å². The lowest BCUT2D eigenvalue weighted by Crippen LogP contribution is -2.12. The van der Waals surface area contributed by atoms with Crippen LogP contribution in [0.2, 0.25) is 0 Å². The highest BCUT2D eigenvalue weighted by Gasteiger charge is 2.26. The van der Waals surface area contributed by atoms with E-state index < -0.39 is 0 Å². The van der Waals surface area contributed by atoms with Crippen molar-refractivity contribution < 1.29 is 9.53 Å². The highest BCUT2D eigenvalue weighted by atomic mass is 32.1. The lowest BCUT2D eigenvalue weighted by Gasteiger charge is -2.03. The van der Waals surface area contributed by atoms with Crippen molar-refractivity contribution in [3.8, 4) is 27.6 Å². The summed E-state index contributed by atoms with van der Waals surface area (Å²) < 4.78 is 6.71. The van der Waals surface area contributed by atoms with Crippen LogP contribution in [0.25, 0.3) is 32.5 Å². The third-order valence-corrected chi connectivity index (χ3v) is 5.49. The molecule has 0 saturated carbocycles. The number of anilines is 1. The van der Waals surface area contributed by atoms with E-state index in [1.165, 1.54) is 34.8 Å². The molecule has 7 heteroatoms. The normalized spacial score (nSPS) is 11.6. The van der Waals surface area contributed by atoms with E-state index in [4.69, 9.17) is 4.74 Å². The van der Waals surface area contributed by atoms with Gasteiger partial charge in [-0.2, -0.15) is 0 Å². The maximum absolute atomic E-state index is 12.6. The van der Waals surface area contributed by atoms with Gasteiger partial charge in [-0.05, 0) is 10.8 Å². The number of thiazole rings is 1. The van der Waals surface area contributed by atoms with Gasteiger partial charge in [-0.15, -0.1) is 5.10 Å². The van der Waals surface area contributed by atoms with Gasteiger partial charge in [0, 0.05) is 24.4 Å². The van der Waals surface area contributed by atoms with Crippen molar-refractivity contribution in [2.45, 2.75) is 0 Å². The molecular weight excluding hydrogens is 348 g/mol. The number of nitrogens with zero attached hydrogens (tertiary/aromatic N) is 3. The first-order valence-corrected chi connectivity index (χ1v) is 8.89. The fourth-order valence-corrected chi connectivity index (χ4v) is 4.41. The number of rotatable bonds is 3. The minimum atomic E-state index is -0.283. The zero-order valence-electron chi connectivity index (χ0n) is 14.1. The summed E-state index contributed by atoms with van der Waals surface area (Å²) in [6.07, 6.45) is 1.63. The van der Waals surface area contributed by atoms with E-state index in [2.05, 4.69) is 45.7 Å². The number of carbonyl (C=O) groups is 1. The van der Waals surface area contributed by atoms with Crippen LogP contribution >= 0.6 is 11.3 Å². The van der Waals surface area contributed by atoms with Crippen molar-refractivity contribution in [2.75, 3.05) is 12.4 Å². The summed E-state index contributed by atoms with van der Waals surface area (Å²) in [5.74, 6) is 0.0121.